The summed E-state index contributed by atoms with van der Waals surface area (Å²) in [5.41, 5.74) is -0.637. The summed E-state index contributed by atoms with van der Waals surface area (Å²) in [7, 11) is 0. The highest BCUT2D eigenvalue weighted by Gasteiger charge is 2.38. The van der Waals surface area contributed by atoms with E-state index in [1.54, 1.807) is 11.3 Å². The Balaban J connectivity index is 1.68. The zero-order chi connectivity index (χ0) is 16.3. The van der Waals surface area contributed by atoms with Crippen molar-refractivity contribution in [2.24, 2.45) is 0 Å². The molecule has 1 saturated heterocycles. The molecule has 1 N–H and O–H groups in total. The molecule has 124 valence electrons. The Kier molecular flexibility index (Phi) is 5.03. The van der Waals surface area contributed by atoms with Gasteiger partial charge >= 0.3 is 0 Å². The van der Waals surface area contributed by atoms with Crippen molar-refractivity contribution in [1.82, 2.24) is 10.2 Å². The van der Waals surface area contributed by atoms with Gasteiger partial charge in [0.05, 0.1) is 12.1 Å². The van der Waals surface area contributed by atoms with E-state index >= 15 is 0 Å². The van der Waals surface area contributed by atoms with Gasteiger partial charge in [0.2, 0.25) is 5.91 Å². The van der Waals surface area contributed by atoms with E-state index in [0.29, 0.717) is 6.04 Å². The van der Waals surface area contributed by atoms with Crippen molar-refractivity contribution in [1.29, 1.82) is 5.26 Å². The zero-order valence-electron chi connectivity index (χ0n) is 13.8. The third kappa shape index (κ3) is 3.44. The van der Waals surface area contributed by atoms with Crippen molar-refractivity contribution in [2.45, 2.75) is 69.5 Å². The van der Waals surface area contributed by atoms with Gasteiger partial charge in [-0.15, -0.1) is 11.3 Å². The third-order valence-electron chi connectivity index (χ3n) is 5.33. The lowest BCUT2D eigenvalue weighted by Crippen LogP contribution is -2.54. The van der Waals surface area contributed by atoms with Crippen LogP contribution in [-0.2, 0) is 4.79 Å². The van der Waals surface area contributed by atoms with Crippen LogP contribution in [0.15, 0.2) is 17.5 Å². The van der Waals surface area contributed by atoms with E-state index in [1.165, 1.54) is 11.3 Å². The maximum atomic E-state index is 12.8. The third-order valence-corrected chi connectivity index (χ3v) is 6.30. The second-order valence-electron chi connectivity index (χ2n) is 6.83. The predicted molar refractivity (Wildman–Crippen MR) is 92.0 cm³/mol. The van der Waals surface area contributed by atoms with Gasteiger partial charge in [-0.2, -0.15) is 5.26 Å². The number of likely N-dealkylation sites (tertiary alicyclic amines) is 1. The topological polar surface area (TPSA) is 56.1 Å². The molecule has 1 saturated carbocycles. The average Bonchev–Trinajstić information content (AvgIpc) is 3.25. The molecule has 1 aromatic heterocycles. The van der Waals surface area contributed by atoms with Crippen LogP contribution in [0.5, 0.6) is 0 Å². The molecule has 1 aliphatic carbocycles. The molecular weight excluding hydrogens is 306 g/mol. The first-order valence-corrected chi connectivity index (χ1v) is 9.56. The Labute approximate surface area is 142 Å². The van der Waals surface area contributed by atoms with Gasteiger partial charge in [-0.05, 0) is 50.6 Å². The lowest BCUT2D eigenvalue weighted by molar-refractivity contribution is -0.128. The predicted octanol–water partition coefficient (Wildman–Crippen LogP) is 3.62. The molecule has 23 heavy (non-hydrogen) atoms. The Bertz CT molecular complexity index is 572. The number of carbonyl (C=O) groups is 1. The number of amides is 1. The lowest BCUT2D eigenvalue weighted by atomic mass is 9.82. The van der Waals surface area contributed by atoms with Gasteiger partial charge in [0.1, 0.15) is 5.54 Å². The number of rotatable bonds is 4. The fraction of sp³-hybridized carbons (Fsp3) is 0.667. The molecule has 3 rings (SSSR count). The number of nitriles is 1. The molecule has 0 radical (unpaired) electrons. The quantitative estimate of drug-likeness (QED) is 0.917. The van der Waals surface area contributed by atoms with Gasteiger partial charge in [-0.1, -0.05) is 25.3 Å². The largest absolute Gasteiger partial charge is 0.336 e. The van der Waals surface area contributed by atoms with Gasteiger partial charge in [-0.3, -0.25) is 9.69 Å². The van der Waals surface area contributed by atoms with E-state index in [9.17, 15) is 10.1 Å². The van der Waals surface area contributed by atoms with Gasteiger partial charge in [0, 0.05) is 10.9 Å². The average molecular weight is 331 g/mol. The van der Waals surface area contributed by atoms with Crippen molar-refractivity contribution in [2.75, 3.05) is 6.54 Å². The molecule has 1 amide bonds. The first-order valence-electron chi connectivity index (χ1n) is 8.68. The number of hydrogen-bond acceptors (Lipinski definition) is 4. The molecule has 0 bridgehead atoms. The Morgan fingerprint density at radius 1 is 1.43 bits per heavy atom. The van der Waals surface area contributed by atoms with Crippen molar-refractivity contribution in [3.05, 3.63) is 22.4 Å². The summed E-state index contributed by atoms with van der Waals surface area (Å²) in [6.45, 7) is 2.94. The molecule has 5 heteroatoms. The molecule has 0 aromatic carbocycles. The Hall–Kier alpha value is -1.38. The zero-order valence-corrected chi connectivity index (χ0v) is 14.6. The summed E-state index contributed by atoms with van der Waals surface area (Å²) < 4.78 is 0. The minimum absolute atomic E-state index is 0.0110. The fourth-order valence-electron chi connectivity index (χ4n) is 3.95. The van der Waals surface area contributed by atoms with Gasteiger partial charge in [0.25, 0.3) is 0 Å². The van der Waals surface area contributed by atoms with Crippen molar-refractivity contribution in [3.8, 4) is 6.07 Å². The summed E-state index contributed by atoms with van der Waals surface area (Å²) in [5, 5.41) is 14.7. The number of nitrogens with zero attached hydrogens (tertiary/aromatic N) is 2. The summed E-state index contributed by atoms with van der Waals surface area (Å²) in [4.78, 5) is 16.4. The second-order valence-corrected chi connectivity index (χ2v) is 7.81. The monoisotopic (exact) mass is 331 g/mol. The van der Waals surface area contributed by atoms with E-state index in [-0.39, 0.29) is 11.9 Å². The van der Waals surface area contributed by atoms with Crippen LogP contribution in [0.1, 0.15) is 62.8 Å². The van der Waals surface area contributed by atoms with Crippen LogP contribution >= 0.6 is 11.3 Å². The number of thiophene rings is 1. The first-order chi connectivity index (χ1) is 11.2. The first kappa shape index (κ1) is 16.5. The van der Waals surface area contributed by atoms with Gasteiger partial charge in [-0.25, -0.2) is 0 Å². The summed E-state index contributed by atoms with van der Waals surface area (Å²) in [6.07, 6.45) is 7.05. The summed E-state index contributed by atoms with van der Waals surface area (Å²) >= 11 is 1.77. The molecule has 2 fully saturated rings. The lowest BCUT2D eigenvalue weighted by Gasteiger charge is -2.35. The number of nitrogens with one attached hydrogen (secondary N) is 1. The summed E-state index contributed by atoms with van der Waals surface area (Å²) in [6, 6.07) is 6.79. The van der Waals surface area contributed by atoms with Crippen LogP contribution in [-0.4, -0.2) is 28.9 Å². The van der Waals surface area contributed by atoms with Crippen LogP contribution in [0.25, 0.3) is 0 Å². The van der Waals surface area contributed by atoms with E-state index in [0.717, 1.165) is 45.1 Å². The maximum absolute atomic E-state index is 12.8. The SMILES string of the molecule is CC(C(=O)NC1(C#N)CCCCC1)N1CCCC1c1cccs1. The van der Waals surface area contributed by atoms with Crippen molar-refractivity contribution in [3.63, 3.8) is 0 Å². The summed E-state index contributed by atoms with van der Waals surface area (Å²) in [5.74, 6) is 0.0110. The highest BCUT2D eigenvalue weighted by Crippen LogP contribution is 2.36. The van der Waals surface area contributed by atoms with E-state index in [4.69, 9.17) is 0 Å². The number of carbonyl (C=O) groups excluding carboxylic acids is 1. The molecular formula is C18H25N3OS. The minimum atomic E-state index is -0.637. The van der Waals surface area contributed by atoms with Gasteiger partial charge < -0.3 is 5.32 Å². The molecule has 1 aliphatic heterocycles. The van der Waals surface area contributed by atoms with Crippen LogP contribution in [0.2, 0.25) is 0 Å². The highest BCUT2D eigenvalue weighted by molar-refractivity contribution is 7.10. The molecule has 2 heterocycles. The van der Waals surface area contributed by atoms with E-state index in [1.807, 2.05) is 6.92 Å². The smallest absolute Gasteiger partial charge is 0.238 e. The molecule has 0 spiro atoms. The van der Waals surface area contributed by atoms with Crippen LogP contribution in [0.3, 0.4) is 0 Å². The van der Waals surface area contributed by atoms with Crippen molar-refractivity contribution < 1.29 is 4.79 Å². The molecule has 1 aromatic rings. The minimum Gasteiger partial charge on any atom is -0.336 e. The fourth-order valence-corrected chi connectivity index (χ4v) is 4.83. The molecule has 2 unspecified atom stereocenters. The Morgan fingerprint density at radius 2 is 2.22 bits per heavy atom. The molecule has 2 aliphatic rings. The Morgan fingerprint density at radius 3 is 2.87 bits per heavy atom. The van der Waals surface area contributed by atoms with E-state index in [2.05, 4.69) is 33.8 Å². The number of hydrogen-bond donors (Lipinski definition) is 1. The molecule has 4 nitrogen and oxygen atoms in total. The van der Waals surface area contributed by atoms with Crippen molar-refractivity contribution >= 4 is 17.2 Å². The van der Waals surface area contributed by atoms with Crippen LogP contribution in [0.4, 0.5) is 0 Å². The second kappa shape index (κ2) is 7.02. The standard InChI is InChI=1S/C18H25N3OS/c1-14(17(22)20-18(13-19)9-3-2-4-10-18)21-11-5-7-15(21)16-8-6-12-23-16/h6,8,12,14-15H,2-5,7,9-11H2,1H3,(H,20,22). The highest BCUT2D eigenvalue weighted by atomic mass is 32.1. The van der Waals surface area contributed by atoms with Crippen LogP contribution < -0.4 is 5.32 Å². The van der Waals surface area contributed by atoms with Crippen LogP contribution in [0, 0.1) is 11.3 Å². The van der Waals surface area contributed by atoms with E-state index < -0.39 is 5.54 Å². The normalized spacial score (nSPS) is 25.7. The maximum Gasteiger partial charge on any atom is 0.238 e. The molecule has 2 atom stereocenters. The van der Waals surface area contributed by atoms with Gasteiger partial charge in [0.15, 0.2) is 0 Å².